The highest BCUT2D eigenvalue weighted by molar-refractivity contribution is 6.31. The molecular formula is C17H15ClFN3O. The van der Waals surface area contributed by atoms with E-state index in [0.717, 1.165) is 5.52 Å². The molecule has 118 valence electrons. The molecule has 0 amide bonds. The van der Waals surface area contributed by atoms with Crippen LogP contribution in [0.5, 0.6) is 0 Å². The summed E-state index contributed by atoms with van der Waals surface area (Å²) < 4.78 is 13.8. The van der Waals surface area contributed by atoms with Gasteiger partial charge in [0, 0.05) is 23.7 Å². The minimum atomic E-state index is -0.357. The molecule has 23 heavy (non-hydrogen) atoms. The summed E-state index contributed by atoms with van der Waals surface area (Å²) in [6.07, 6.45) is 0. The Hall–Kier alpha value is -2.24. The Morgan fingerprint density at radius 3 is 2.74 bits per heavy atom. The first-order chi connectivity index (χ1) is 11.0. The minimum Gasteiger partial charge on any atom is -0.319 e. The summed E-state index contributed by atoms with van der Waals surface area (Å²) in [4.78, 5) is 21.1. The highest BCUT2D eigenvalue weighted by Crippen LogP contribution is 2.20. The molecule has 1 N–H and O–H groups in total. The molecule has 0 aliphatic rings. The van der Waals surface area contributed by atoms with Crippen LogP contribution in [0.4, 0.5) is 4.39 Å². The van der Waals surface area contributed by atoms with Crippen LogP contribution in [-0.4, -0.2) is 21.9 Å². The number of aromatic nitrogens is 2. The third-order valence-electron chi connectivity index (χ3n) is 3.58. The number of halogens is 2. The maximum absolute atomic E-state index is 13.8. The first kappa shape index (κ1) is 15.6. The van der Waals surface area contributed by atoms with E-state index in [0.29, 0.717) is 34.9 Å². The van der Waals surface area contributed by atoms with Gasteiger partial charge in [-0.15, -0.1) is 0 Å². The van der Waals surface area contributed by atoms with Crippen molar-refractivity contribution in [3.63, 3.8) is 0 Å². The normalized spacial score (nSPS) is 11.3. The molecule has 0 spiro atoms. The van der Waals surface area contributed by atoms with Crippen LogP contribution in [0.1, 0.15) is 11.3 Å². The predicted octanol–water partition coefficient (Wildman–Crippen LogP) is 3.35. The first-order valence-electron chi connectivity index (χ1n) is 7.14. The van der Waals surface area contributed by atoms with Crippen LogP contribution in [0.15, 0.2) is 47.3 Å². The summed E-state index contributed by atoms with van der Waals surface area (Å²) >= 11 is 6.04. The van der Waals surface area contributed by atoms with Crippen molar-refractivity contribution in [1.29, 1.82) is 0 Å². The number of H-pyrrole nitrogens is 1. The second kappa shape index (κ2) is 6.48. The van der Waals surface area contributed by atoms with Crippen LogP contribution >= 0.6 is 11.6 Å². The highest BCUT2D eigenvalue weighted by atomic mass is 35.5. The Kier molecular flexibility index (Phi) is 4.41. The molecule has 6 heteroatoms. The summed E-state index contributed by atoms with van der Waals surface area (Å²) in [5.41, 5.74) is 1.98. The van der Waals surface area contributed by atoms with E-state index in [4.69, 9.17) is 11.6 Å². The Labute approximate surface area is 137 Å². The smallest absolute Gasteiger partial charge is 0.271 e. The van der Waals surface area contributed by atoms with Gasteiger partial charge in [-0.05, 0) is 31.3 Å². The summed E-state index contributed by atoms with van der Waals surface area (Å²) in [6, 6.07) is 11.9. The van der Waals surface area contributed by atoms with Crippen LogP contribution in [0.25, 0.3) is 11.0 Å². The Bertz CT molecular complexity index is 889. The quantitative estimate of drug-likeness (QED) is 0.797. The van der Waals surface area contributed by atoms with Gasteiger partial charge in [0.15, 0.2) is 0 Å². The molecule has 0 fully saturated rings. The van der Waals surface area contributed by atoms with Crippen molar-refractivity contribution in [3.8, 4) is 0 Å². The third kappa shape index (κ3) is 3.41. The summed E-state index contributed by atoms with van der Waals surface area (Å²) in [6.45, 7) is 0.588. The fourth-order valence-corrected chi connectivity index (χ4v) is 2.66. The van der Waals surface area contributed by atoms with E-state index in [9.17, 15) is 9.18 Å². The van der Waals surface area contributed by atoms with E-state index in [2.05, 4.69) is 9.97 Å². The maximum atomic E-state index is 13.8. The summed E-state index contributed by atoms with van der Waals surface area (Å²) in [5.74, 6) is -0.357. The number of benzene rings is 2. The molecule has 0 saturated heterocycles. The Morgan fingerprint density at radius 1 is 1.17 bits per heavy atom. The van der Waals surface area contributed by atoms with Crippen molar-refractivity contribution in [2.24, 2.45) is 0 Å². The van der Waals surface area contributed by atoms with E-state index < -0.39 is 0 Å². The zero-order chi connectivity index (χ0) is 16.4. The monoisotopic (exact) mass is 331 g/mol. The topological polar surface area (TPSA) is 49.0 Å². The van der Waals surface area contributed by atoms with E-state index in [1.165, 1.54) is 6.07 Å². The molecule has 2 aromatic carbocycles. The molecule has 3 rings (SSSR count). The molecule has 0 saturated carbocycles. The largest absolute Gasteiger partial charge is 0.319 e. The van der Waals surface area contributed by atoms with E-state index in [1.807, 2.05) is 18.2 Å². The lowest BCUT2D eigenvalue weighted by molar-refractivity contribution is 0.308. The zero-order valence-electron chi connectivity index (χ0n) is 12.5. The van der Waals surface area contributed by atoms with Gasteiger partial charge < -0.3 is 4.98 Å². The minimum absolute atomic E-state index is 0.241. The van der Waals surface area contributed by atoms with E-state index in [1.54, 1.807) is 30.1 Å². The van der Waals surface area contributed by atoms with Crippen molar-refractivity contribution >= 4 is 22.6 Å². The van der Waals surface area contributed by atoms with Gasteiger partial charge in [-0.25, -0.2) is 9.37 Å². The second-order valence-electron chi connectivity index (χ2n) is 5.40. The number of para-hydroxylation sites is 2. The Morgan fingerprint density at radius 2 is 1.96 bits per heavy atom. The van der Waals surface area contributed by atoms with Gasteiger partial charge in [0.2, 0.25) is 0 Å². The van der Waals surface area contributed by atoms with Crippen LogP contribution in [-0.2, 0) is 13.1 Å². The zero-order valence-corrected chi connectivity index (χ0v) is 13.3. The highest BCUT2D eigenvalue weighted by Gasteiger charge is 2.12. The van der Waals surface area contributed by atoms with Gasteiger partial charge in [-0.3, -0.25) is 9.69 Å². The lowest BCUT2D eigenvalue weighted by Gasteiger charge is -2.17. The van der Waals surface area contributed by atoms with Crippen molar-refractivity contribution in [2.45, 2.75) is 13.1 Å². The Balaban J connectivity index is 1.84. The van der Waals surface area contributed by atoms with Crippen molar-refractivity contribution in [3.05, 3.63) is 74.9 Å². The average Bonchev–Trinajstić information content (AvgIpc) is 2.52. The number of hydrogen-bond donors (Lipinski definition) is 1. The number of hydrogen-bond acceptors (Lipinski definition) is 3. The predicted molar refractivity (Wildman–Crippen MR) is 88.9 cm³/mol. The number of nitrogens with zero attached hydrogens (tertiary/aromatic N) is 2. The van der Waals surface area contributed by atoms with Crippen LogP contribution in [0.2, 0.25) is 5.02 Å². The molecule has 0 aliphatic heterocycles. The molecule has 3 aromatic rings. The summed E-state index contributed by atoms with van der Waals surface area (Å²) in [5, 5.41) is 0.372. The van der Waals surface area contributed by atoms with E-state index in [-0.39, 0.29) is 11.4 Å². The van der Waals surface area contributed by atoms with Gasteiger partial charge in [-0.2, -0.15) is 0 Å². The lowest BCUT2D eigenvalue weighted by atomic mass is 10.2. The van der Waals surface area contributed by atoms with Crippen LogP contribution in [0, 0.1) is 5.82 Å². The molecule has 0 aliphatic carbocycles. The SMILES string of the molecule is CN(Cc1c(F)cccc1Cl)Cc1nc2ccccc2[nH]c1=O. The van der Waals surface area contributed by atoms with Crippen LogP contribution in [0.3, 0.4) is 0 Å². The van der Waals surface area contributed by atoms with Gasteiger partial charge in [-0.1, -0.05) is 29.8 Å². The lowest BCUT2D eigenvalue weighted by Crippen LogP contribution is -2.25. The fraction of sp³-hybridized carbons (Fsp3) is 0.176. The van der Waals surface area contributed by atoms with Gasteiger partial charge in [0.05, 0.1) is 11.0 Å². The molecule has 0 radical (unpaired) electrons. The first-order valence-corrected chi connectivity index (χ1v) is 7.52. The van der Waals surface area contributed by atoms with Crippen molar-refractivity contribution in [2.75, 3.05) is 7.05 Å². The standard InChI is InChI=1S/C17H15ClFN3O/c1-22(9-11-12(18)5-4-6-13(11)19)10-16-17(23)21-15-8-3-2-7-14(15)20-16/h2-8H,9-10H2,1H3,(H,21,23). The molecule has 4 nitrogen and oxygen atoms in total. The van der Waals surface area contributed by atoms with Crippen molar-refractivity contribution in [1.82, 2.24) is 14.9 Å². The third-order valence-corrected chi connectivity index (χ3v) is 3.93. The summed E-state index contributed by atoms with van der Waals surface area (Å²) in [7, 11) is 1.79. The van der Waals surface area contributed by atoms with Crippen LogP contribution < -0.4 is 5.56 Å². The van der Waals surface area contributed by atoms with Gasteiger partial charge in [0.25, 0.3) is 5.56 Å². The van der Waals surface area contributed by atoms with Gasteiger partial charge in [0.1, 0.15) is 11.5 Å². The van der Waals surface area contributed by atoms with E-state index >= 15 is 0 Å². The number of nitrogens with one attached hydrogen (secondary N) is 1. The number of aromatic amines is 1. The number of rotatable bonds is 4. The van der Waals surface area contributed by atoms with Gasteiger partial charge >= 0.3 is 0 Å². The average molecular weight is 332 g/mol. The fourth-order valence-electron chi connectivity index (χ4n) is 2.44. The van der Waals surface area contributed by atoms with Crippen molar-refractivity contribution < 1.29 is 4.39 Å². The molecule has 0 unspecified atom stereocenters. The second-order valence-corrected chi connectivity index (χ2v) is 5.81. The molecule has 1 aromatic heterocycles. The molecule has 0 atom stereocenters. The molecule has 1 heterocycles. The number of fused-ring (bicyclic) bond motifs is 1. The maximum Gasteiger partial charge on any atom is 0.271 e. The molecule has 0 bridgehead atoms. The molecular weight excluding hydrogens is 317 g/mol.